The van der Waals surface area contributed by atoms with Gasteiger partial charge in [0.15, 0.2) is 6.29 Å². The lowest BCUT2D eigenvalue weighted by molar-refractivity contribution is -0.138. The van der Waals surface area contributed by atoms with Crippen LogP contribution < -0.4 is 0 Å². The predicted octanol–water partition coefficient (Wildman–Crippen LogP) is 2.12. The van der Waals surface area contributed by atoms with E-state index in [1.807, 2.05) is 30.3 Å². The minimum atomic E-state index is -0.511. The van der Waals surface area contributed by atoms with Crippen molar-refractivity contribution >= 4 is 23.9 Å². The first-order valence-electron chi connectivity index (χ1n) is 8.01. The molecule has 25 heavy (non-hydrogen) atoms. The molecule has 1 aromatic carbocycles. The highest BCUT2D eigenvalue weighted by molar-refractivity contribution is 6.23. The van der Waals surface area contributed by atoms with Crippen molar-refractivity contribution in [2.75, 3.05) is 13.2 Å². The predicted molar refractivity (Wildman–Crippen MR) is 91.5 cm³/mol. The number of carbonyl (C=O) groups is 3. The van der Waals surface area contributed by atoms with Gasteiger partial charge in [-0.3, -0.25) is 9.59 Å². The molecule has 1 aliphatic rings. The van der Waals surface area contributed by atoms with E-state index in [4.69, 9.17) is 4.74 Å². The van der Waals surface area contributed by atoms with Gasteiger partial charge in [-0.15, -0.1) is 0 Å². The van der Waals surface area contributed by atoms with Gasteiger partial charge < -0.3 is 14.2 Å². The Hall–Kier alpha value is -3.15. The maximum absolute atomic E-state index is 12.9. The molecular weight excluding hydrogens is 320 g/mol. The van der Waals surface area contributed by atoms with Crippen molar-refractivity contribution in [1.82, 2.24) is 9.47 Å². The Morgan fingerprint density at radius 3 is 2.64 bits per heavy atom. The number of esters is 1. The zero-order valence-corrected chi connectivity index (χ0v) is 13.8. The van der Waals surface area contributed by atoms with Gasteiger partial charge in [0.25, 0.3) is 5.91 Å². The van der Waals surface area contributed by atoms with Crippen molar-refractivity contribution in [3.05, 3.63) is 65.5 Å². The molecule has 1 amide bonds. The topological polar surface area (TPSA) is 68.6 Å². The second-order valence-electron chi connectivity index (χ2n) is 5.66. The lowest BCUT2D eigenvalue weighted by atomic mass is 10.2. The minimum absolute atomic E-state index is 0.177. The molecule has 0 unspecified atom stereocenters. The zero-order valence-electron chi connectivity index (χ0n) is 13.8. The highest BCUT2D eigenvalue weighted by atomic mass is 16.5. The number of nitrogens with zero attached hydrogens (tertiary/aromatic N) is 2. The summed E-state index contributed by atoms with van der Waals surface area (Å²) < 4.78 is 6.62. The number of aromatic nitrogens is 1. The molecule has 0 saturated heterocycles. The Morgan fingerprint density at radius 2 is 2.00 bits per heavy atom. The number of carbonyl (C=O) groups excluding carboxylic acids is 3. The van der Waals surface area contributed by atoms with Crippen LogP contribution in [-0.4, -0.2) is 40.8 Å². The standard InChI is InChI=1S/C19H18N2O4/c1-2-25-19(24)16-12-21(10-14-6-4-3-5-7-14)18(23)17(16)20-9-8-15(11-20)13-22/h3-9,11,13H,2,10,12H2,1H3. The molecule has 2 aromatic rings. The Bertz CT molecular complexity index is 836. The van der Waals surface area contributed by atoms with Crippen LogP contribution in [0.4, 0.5) is 0 Å². The first-order valence-corrected chi connectivity index (χ1v) is 8.01. The van der Waals surface area contributed by atoms with E-state index in [0.29, 0.717) is 24.0 Å². The number of aldehydes is 1. The molecule has 0 spiro atoms. The van der Waals surface area contributed by atoms with Gasteiger partial charge in [0.2, 0.25) is 0 Å². The molecule has 0 radical (unpaired) electrons. The van der Waals surface area contributed by atoms with Gasteiger partial charge in [-0.1, -0.05) is 30.3 Å². The van der Waals surface area contributed by atoms with Crippen molar-refractivity contribution in [3.8, 4) is 0 Å². The molecule has 0 atom stereocenters. The maximum Gasteiger partial charge on any atom is 0.338 e. The molecule has 1 aromatic heterocycles. The molecule has 2 heterocycles. The number of hydrogen-bond acceptors (Lipinski definition) is 4. The van der Waals surface area contributed by atoms with Crippen molar-refractivity contribution in [1.29, 1.82) is 0 Å². The summed E-state index contributed by atoms with van der Waals surface area (Å²) >= 11 is 0. The molecule has 3 rings (SSSR count). The normalized spacial score (nSPS) is 14.1. The summed E-state index contributed by atoms with van der Waals surface area (Å²) in [7, 11) is 0. The van der Waals surface area contributed by atoms with E-state index in [-0.39, 0.29) is 24.8 Å². The van der Waals surface area contributed by atoms with Crippen LogP contribution >= 0.6 is 0 Å². The first-order chi connectivity index (χ1) is 12.1. The van der Waals surface area contributed by atoms with Gasteiger partial charge in [0.1, 0.15) is 5.70 Å². The summed E-state index contributed by atoms with van der Waals surface area (Å²) in [5, 5.41) is 0. The van der Waals surface area contributed by atoms with Crippen molar-refractivity contribution in [2.24, 2.45) is 0 Å². The van der Waals surface area contributed by atoms with E-state index in [1.54, 1.807) is 24.1 Å². The summed E-state index contributed by atoms with van der Waals surface area (Å²) in [6.07, 6.45) is 3.83. The number of amides is 1. The summed E-state index contributed by atoms with van der Waals surface area (Å²) in [6, 6.07) is 11.2. The molecule has 6 heteroatoms. The van der Waals surface area contributed by atoms with Crippen LogP contribution in [0.1, 0.15) is 22.8 Å². The average Bonchev–Trinajstić information content (AvgIpc) is 3.21. The van der Waals surface area contributed by atoms with E-state index in [2.05, 4.69) is 0 Å². The molecule has 6 nitrogen and oxygen atoms in total. The Kier molecular flexibility index (Phi) is 4.79. The lowest BCUT2D eigenvalue weighted by Gasteiger charge is -2.16. The Morgan fingerprint density at radius 1 is 1.24 bits per heavy atom. The number of hydrogen-bond donors (Lipinski definition) is 0. The Labute approximate surface area is 145 Å². The molecular formula is C19H18N2O4. The van der Waals surface area contributed by atoms with Crippen molar-refractivity contribution < 1.29 is 19.1 Å². The molecule has 0 fully saturated rings. The molecule has 0 aliphatic carbocycles. The maximum atomic E-state index is 12.9. The van der Waals surface area contributed by atoms with Crippen LogP contribution in [0, 0.1) is 0 Å². The van der Waals surface area contributed by atoms with Crippen LogP contribution in [0.25, 0.3) is 5.70 Å². The summed E-state index contributed by atoms with van der Waals surface area (Å²) in [6.45, 7) is 2.52. The van der Waals surface area contributed by atoms with Gasteiger partial charge in [0.05, 0.1) is 18.7 Å². The number of benzene rings is 1. The molecule has 1 aliphatic heterocycles. The third-order valence-electron chi connectivity index (χ3n) is 3.97. The van der Waals surface area contributed by atoms with Gasteiger partial charge in [-0.25, -0.2) is 4.79 Å². The van der Waals surface area contributed by atoms with E-state index in [9.17, 15) is 14.4 Å². The first kappa shape index (κ1) is 16.7. The third kappa shape index (κ3) is 3.38. The van der Waals surface area contributed by atoms with Crippen LogP contribution in [0.15, 0.2) is 54.4 Å². The quantitative estimate of drug-likeness (QED) is 0.598. The summed E-state index contributed by atoms with van der Waals surface area (Å²) in [5.41, 5.74) is 1.95. The monoisotopic (exact) mass is 338 g/mol. The van der Waals surface area contributed by atoms with Gasteiger partial charge in [-0.2, -0.15) is 0 Å². The van der Waals surface area contributed by atoms with Crippen LogP contribution in [0.2, 0.25) is 0 Å². The smallest absolute Gasteiger partial charge is 0.338 e. The van der Waals surface area contributed by atoms with E-state index in [1.165, 1.54) is 10.8 Å². The molecule has 0 saturated carbocycles. The fraction of sp³-hybridized carbons (Fsp3) is 0.211. The van der Waals surface area contributed by atoms with E-state index < -0.39 is 5.97 Å². The zero-order chi connectivity index (χ0) is 17.8. The van der Waals surface area contributed by atoms with Crippen LogP contribution in [0.3, 0.4) is 0 Å². The SMILES string of the molecule is CCOC(=O)C1=C(n2ccc(C=O)c2)C(=O)N(Cc2ccccc2)C1. The van der Waals surface area contributed by atoms with E-state index in [0.717, 1.165) is 5.56 Å². The minimum Gasteiger partial charge on any atom is -0.463 e. The Balaban J connectivity index is 1.93. The molecule has 0 bridgehead atoms. The number of rotatable bonds is 6. The molecule has 0 N–H and O–H groups in total. The second-order valence-corrected chi connectivity index (χ2v) is 5.66. The van der Waals surface area contributed by atoms with Gasteiger partial charge in [-0.05, 0) is 18.6 Å². The third-order valence-corrected chi connectivity index (χ3v) is 3.97. The van der Waals surface area contributed by atoms with E-state index >= 15 is 0 Å². The van der Waals surface area contributed by atoms with Crippen molar-refractivity contribution in [2.45, 2.75) is 13.5 Å². The largest absolute Gasteiger partial charge is 0.463 e. The fourth-order valence-electron chi connectivity index (χ4n) is 2.82. The summed E-state index contributed by atoms with van der Waals surface area (Å²) in [4.78, 5) is 37.7. The average molecular weight is 338 g/mol. The van der Waals surface area contributed by atoms with Gasteiger partial charge >= 0.3 is 5.97 Å². The van der Waals surface area contributed by atoms with Crippen LogP contribution in [0.5, 0.6) is 0 Å². The summed E-state index contributed by atoms with van der Waals surface area (Å²) in [5.74, 6) is -0.775. The highest BCUT2D eigenvalue weighted by Gasteiger charge is 2.35. The van der Waals surface area contributed by atoms with Gasteiger partial charge in [0, 0.05) is 24.5 Å². The number of ether oxygens (including phenoxy) is 1. The van der Waals surface area contributed by atoms with Crippen molar-refractivity contribution in [3.63, 3.8) is 0 Å². The fourth-order valence-corrected chi connectivity index (χ4v) is 2.82. The van der Waals surface area contributed by atoms with Crippen LogP contribution in [-0.2, 0) is 20.9 Å². The second kappa shape index (κ2) is 7.17. The molecule has 128 valence electrons. The highest BCUT2D eigenvalue weighted by Crippen LogP contribution is 2.26. The lowest BCUT2D eigenvalue weighted by Crippen LogP contribution is -2.27.